The van der Waals surface area contributed by atoms with Crippen LogP contribution in [0.3, 0.4) is 0 Å². The van der Waals surface area contributed by atoms with Crippen LogP contribution in [-0.4, -0.2) is 53.7 Å². The Morgan fingerprint density at radius 2 is 1.35 bits per heavy atom. The van der Waals surface area contributed by atoms with E-state index in [0.29, 0.717) is 12.0 Å². The average Bonchev–Trinajstić information content (AvgIpc) is 2.53. The van der Waals surface area contributed by atoms with E-state index >= 15 is 0 Å². The normalized spacial score (nSPS) is 13.3. The van der Waals surface area contributed by atoms with Crippen LogP contribution in [0.1, 0.15) is 97.3 Å². The fourth-order valence-electron chi connectivity index (χ4n) is 2.91. The number of unbranched alkanes of at least 4 members (excludes halogenated alkanes) is 10. The molecule has 0 spiro atoms. The summed E-state index contributed by atoms with van der Waals surface area (Å²) in [6.07, 6.45) is 15.3. The van der Waals surface area contributed by atoms with Crippen molar-refractivity contribution in [2.75, 3.05) is 0 Å². The third-order valence-electron chi connectivity index (χ3n) is 4.54. The van der Waals surface area contributed by atoms with Crippen LogP contribution < -0.4 is 5.73 Å². The van der Waals surface area contributed by atoms with E-state index in [-0.39, 0.29) is 36.0 Å². The van der Waals surface area contributed by atoms with Crippen LogP contribution in [0.25, 0.3) is 0 Å². The number of amides is 1. The van der Waals surface area contributed by atoms with Gasteiger partial charge in [-0.1, -0.05) is 84.1 Å². The average molecular weight is 400 g/mol. The van der Waals surface area contributed by atoms with Crippen molar-refractivity contribution in [3.05, 3.63) is 11.6 Å². The van der Waals surface area contributed by atoms with Gasteiger partial charge >= 0.3 is 29.6 Å². The topological polar surface area (TPSA) is 97.5 Å². The van der Waals surface area contributed by atoms with Crippen LogP contribution in [0, 0.1) is 0 Å². The number of primary amides is 1. The van der Waals surface area contributed by atoms with Crippen molar-refractivity contribution in [1.82, 2.24) is 0 Å². The first-order chi connectivity index (χ1) is 11.8. The second kappa shape index (κ2) is 17.2. The van der Waals surface area contributed by atoms with Crippen LogP contribution in [0.5, 0.6) is 0 Å². The Labute approximate surface area is 182 Å². The van der Waals surface area contributed by atoms with Crippen LogP contribution in [0.2, 0.25) is 0 Å². The van der Waals surface area contributed by atoms with E-state index in [1.165, 1.54) is 57.4 Å². The second-order valence-electron chi connectivity index (χ2n) is 6.80. The van der Waals surface area contributed by atoms with E-state index in [0.717, 1.165) is 19.3 Å². The molecule has 0 aliphatic carbocycles. The zero-order valence-corrected chi connectivity index (χ0v) is 16.8. The molecule has 0 saturated carbocycles. The minimum atomic E-state index is -4.18. The van der Waals surface area contributed by atoms with Crippen LogP contribution in [0.15, 0.2) is 11.6 Å². The van der Waals surface area contributed by atoms with Crippen molar-refractivity contribution >= 4 is 45.6 Å². The SMILES string of the molecule is CCCCCCCCCCCCCC(=CC(CC)S(=O)(=O)O)C(N)=O.[NaH]. The van der Waals surface area contributed by atoms with Gasteiger partial charge in [0.25, 0.3) is 10.1 Å². The molecular weight excluding hydrogens is 361 g/mol. The second-order valence-corrected chi connectivity index (χ2v) is 8.44. The number of carbonyl (C=O) groups is 1. The Morgan fingerprint density at radius 3 is 1.69 bits per heavy atom. The molecule has 1 amide bonds. The van der Waals surface area contributed by atoms with E-state index in [1.807, 2.05) is 0 Å². The first-order valence-corrected chi connectivity index (χ1v) is 11.3. The molecule has 5 nitrogen and oxygen atoms in total. The van der Waals surface area contributed by atoms with Gasteiger partial charge in [-0.2, -0.15) is 8.42 Å². The Hall–Kier alpha value is 0.120. The third kappa shape index (κ3) is 15.2. The monoisotopic (exact) mass is 399 g/mol. The van der Waals surface area contributed by atoms with Crippen molar-refractivity contribution in [1.29, 1.82) is 0 Å². The van der Waals surface area contributed by atoms with E-state index in [4.69, 9.17) is 10.3 Å². The van der Waals surface area contributed by atoms with Crippen molar-refractivity contribution in [2.24, 2.45) is 5.73 Å². The van der Waals surface area contributed by atoms with Gasteiger partial charge in [-0.3, -0.25) is 9.35 Å². The summed E-state index contributed by atoms with van der Waals surface area (Å²) in [6.45, 7) is 3.87. The molecule has 0 aliphatic heterocycles. The summed E-state index contributed by atoms with van der Waals surface area (Å²) in [4.78, 5) is 11.5. The molecule has 1 unspecified atom stereocenters. The van der Waals surface area contributed by atoms with Gasteiger partial charge in [-0.05, 0) is 19.3 Å². The van der Waals surface area contributed by atoms with Gasteiger partial charge in [0.1, 0.15) is 5.25 Å². The molecule has 1 atom stereocenters. The molecule has 0 aromatic heterocycles. The molecule has 0 heterocycles. The summed E-state index contributed by atoms with van der Waals surface area (Å²) in [7, 11) is -4.18. The Balaban J connectivity index is 0. The van der Waals surface area contributed by atoms with Crippen LogP contribution in [-0.2, 0) is 14.9 Å². The van der Waals surface area contributed by atoms with Gasteiger partial charge in [0.15, 0.2) is 0 Å². The Bertz CT molecular complexity index is 492. The molecule has 0 bridgehead atoms. The first kappa shape index (κ1) is 28.3. The van der Waals surface area contributed by atoms with Gasteiger partial charge < -0.3 is 5.73 Å². The number of rotatable bonds is 16. The molecule has 7 heteroatoms. The summed E-state index contributed by atoms with van der Waals surface area (Å²) in [5, 5.41) is -1.05. The quantitative estimate of drug-likeness (QED) is 0.177. The van der Waals surface area contributed by atoms with E-state index in [2.05, 4.69) is 6.92 Å². The summed E-state index contributed by atoms with van der Waals surface area (Å²) < 4.78 is 31.6. The molecule has 150 valence electrons. The Kier molecular flexibility index (Phi) is 18.8. The maximum absolute atomic E-state index is 11.5. The zero-order chi connectivity index (χ0) is 19.1. The summed E-state index contributed by atoms with van der Waals surface area (Å²) in [5.41, 5.74) is 5.64. The number of nitrogens with two attached hydrogens (primary N) is 1. The molecule has 0 radical (unpaired) electrons. The Morgan fingerprint density at radius 1 is 0.923 bits per heavy atom. The fraction of sp³-hybridized carbons (Fsp3) is 0.842. The van der Waals surface area contributed by atoms with Crippen LogP contribution >= 0.6 is 0 Å². The summed E-state index contributed by atoms with van der Waals surface area (Å²) in [6, 6.07) is 0. The third-order valence-corrected chi connectivity index (χ3v) is 5.77. The standard InChI is InChI=1S/C19H37NO4S.Na.H/c1-3-5-6-7-8-9-10-11-12-13-14-15-17(19(20)21)16-18(4-2)25(22,23)24;;/h16,18H,3-15H2,1-2H3,(H2,20,21)(H,22,23,24);;. The number of hydrogen-bond acceptors (Lipinski definition) is 3. The number of hydrogen-bond donors (Lipinski definition) is 2. The van der Waals surface area contributed by atoms with Gasteiger partial charge in [-0.15, -0.1) is 0 Å². The van der Waals surface area contributed by atoms with Crippen molar-refractivity contribution in [3.63, 3.8) is 0 Å². The van der Waals surface area contributed by atoms with E-state index in [1.54, 1.807) is 6.92 Å². The van der Waals surface area contributed by atoms with Crippen molar-refractivity contribution in [2.45, 2.75) is 103 Å². The fourth-order valence-corrected chi connectivity index (χ4v) is 3.66. The summed E-state index contributed by atoms with van der Waals surface area (Å²) >= 11 is 0. The maximum atomic E-state index is 11.5. The molecule has 0 aromatic carbocycles. The molecule has 0 saturated heterocycles. The molecule has 26 heavy (non-hydrogen) atoms. The predicted octanol–water partition coefficient (Wildman–Crippen LogP) is 4.12. The molecule has 0 aromatic rings. The molecule has 0 rings (SSSR count). The van der Waals surface area contributed by atoms with Crippen molar-refractivity contribution in [3.8, 4) is 0 Å². The van der Waals surface area contributed by atoms with Gasteiger partial charge in [-0.25, -0.2) is 0 Å². The zero-order valence-electron chi connectivity index (χ0n) is 16.0. The predicted molar refractivity (Wildman–Crippen MR) is 111 cm³/mol. The van der Waals surface area contributed by atoms with E-state index < -0.39 is 21.3 Å². The van der Waals surface area contributed by atoms with Crippen molar-refractivity contribution < 1.29 is 17.8 Å². The van der Waals surface area contributed by atoms with Gasteiger partial charge in [0.05, 0.1) is 0 Å². The number of carbonyl (C=O) groups excluding carboxylic acids is 1. The van der Waals surface area contributed by atoms with Gasteiger partial charge in [0.2, 0.25) is 5.91 Å². The molecule has 0 fully saturated rings. The summed E-state index contributed by atoms with van der Waals surface area (Å²) in [5.74, 6) is -0.603. The molecule has 0 aliphatic rings. The first-order valence-electron chi connectivity index (χ1n) is 9.79. The van der Waals surface area contributed by atoms with Gasteiger partial charge in [0, 0.05) is 5.57 Å². The molecular formula is C19H38NNaO4S. The van der Waals surface area contributed by atoms with Crippen LogP contribution in [0.4, 0.5) is 0 Å². The van der Waals surface area contributed by atoms with E-state index in [9.17, 15) is 13.2 Å². The minimum absolute atomic E-state index is 0. The molecule has 3 N–H and O–H groups in total.